The van der Waals surface area contributed by atoms with Crippen molar-refractivity contribution in [2.75, 3.05) is 12.4 Å². The van der Waals surface area contributed by atoms with E-state index in [1.165, 1.54) is 5.56 Å². The van der Waals surface area contributed by atoms with Crippen LogP contribution in [0.4, 0.5) is 5.69 Å². The summed E-state index contributed by atoms with van der Waals surface area (Å²) in [6, 6.07) is 15.3. The third-order valence-corrected chi connectivity index (χ3v) is 4.56. The summed E-state index contributed by atoms with van der Waals surface area (Å²) in [5.74, 6) is 1.05. The number of nitrogens with one attached hydrogen (secondary N) is 1. The van der Waals surface area contributed by atoms with Gasteiger partial charge in [-0.3, -0.25) is 4.79 Å². The fraction of sp³-hybridized carbons (Fsp3) is 0.304. The number of methoxy groups -OCH3 is 1. The molecule has 152 valence electrons. The molecule has 1 amide bonds. The van der Waals surface area contributed by atoms with E-state index in [-0.39, 0.29) is 18.1 Å². The maximum Gasteiger partial charge on any atom is 0.276 e. The van der Waals surface area contributed by atoms with Crippen LogP contribution < -0.4 is 14.8 Å². The Morgan fingerprint density at radius 1 is 1.10 bits per heavy atom. The largest absolute Gasteiger partial charge is 0.495 e. The first kappa shape index (κ1) is 20.5. The molecule has 0 atom stereocenters. The summed E-state index contributed by atoms with van der Waals surface area (Å²) in [7, 11) is 1.57. The van der Waals surface area contributed by atoms with Crippen molar-refractivity contribution in [3.8, 4) is 11.5 Å². The Morgan fingerprint density at radius 2 is 1.83 bits per heavy atom. The number of aryl methyl sites for hydroxylation is 1. The van der Waals surface area contributed by atoms with Crippen molar-refractivity contribution in [1.29, 1.82) is 0 Å². The van der Waals surface area contributed by atoms with Crippen LogP contribution in [0, 0.1) is 6.92 Å². The summed E-state index contributed by atoms with van der Waals surface area (Å²) < 4.78 is 12.7. The number of hydrogen-bond acceptors (Lipinski definition) is 4. The number of carbonyl (C=O) groups is 1. The number of amides is 1. The van der Waals surface area contributed by atoms with Gasteiger partial charge in [0.05, 0.1) is 12.8 Å². The molecule has 3 rings (SSSR count). The first-order valence-electron chi connectivity index (χ1n) is 9.49. The van der Waals surface area contributed by atoms with E-state index in [1.807, 2.05) is 37.3 Å². The lowest BCUT2D eigenvalue weighted by Gasteiger charge is -2.19. The highest BCUT2D eigenvalue weighted by Crippen LogP contribution is 2.26. The first-order valence-corrected chi connectivity index (χ1v) is 9.49. The number of carbonyl (C=O) groups excluding carboxylic acids is 1. The summed E-state index contributed by atoms with van der Waals surface area (Å²) in [4.78, 5) is 12.5. The Bertz CT molecular complexity index is 985. The second-order valence-electron chi connectivity index (χ2n) is 7.95. The van der Waals surface area contributed by atoms with Crippen LogP contribution in [-0.2, 0) is 12.1 Å². The van der Waals surface area contributed by atoms with Gasteiger partial charge >= 0.3 is 0 Å². The Balaban J connectivity index is 1.62. The van der Waals surface area contributed by atoms with E-state index in [0.717, 1.165) is 11.3 Å². The van der Waals surface area contributed by atoms with Gasteiger partial charge in [-0.05, 0) is 53.8 Å². The fourth-order valence-electron chi connectivity index (χ4n) is 2.85. The van der Waals surface area contributed by atoms with Gasteiger partial charge in [-0.15, -0.1) is 0 Å². The van der Waals surface area contributed by atoms with E-state index < -0.39 is 0 Å². The summed E-state index contributed by atoms with van der Waals surface area (Å²) in [6.07, 6.45) is 1.71. The molecule has 0 saturated carbocycles. The molecule has 0 spiro atoms. The van der Waals surface area contributed by atoms with E-state index in [9.17, 15) is 4.79 Å². The van der Waals surface area contributed by atoms with Gasteiger partial charge in [0.2, 0.25) is 0 Å². The highest BCUT2D eigenvalue weighted by molar-refractivity contribution is 6.03. The van der Waals surface area contributed by atoms with Crippen LogP contribution >= 0.6 is 0 Å². The van der Waals surface area contributed by atoms with Crippen molar-refractivity contribution in [3.05, 3.63) is 71.5 Å². The topological polar surface area (TPSA) is 65.4 Å². The molecule has 2 aromatic carbocycles. The third-order valence-electron chi connectivity index (χ3n) is 4.56. The minimum Gasteiger partial charge on any atom is -0.495 e. The minimum absolute atomic E-state index is 0.1000. The maximum absolute atomic E-state index is 12.5. The summed E-state index contributed by atoms with van der Waals surface area (Å²) in [5, 5.41) is 7.14. The number of ether oxygens (including phenoxy) is 2. The predicted octanol–water partition coefficient (Wildman–Crippen LogP) is 4.79. The number of rotatable bonds is 6. The highest BCUT2D eigenvalue weighted by Gasteiger charge is 2.14. The van der Waals surface area contributed by atoms with Crippen LogP contribution in [-0.4, -0.2) is 22.8 Å². The van der Waals surface area contributed by atoms with E-state index in [0.29, 0.717) is 17.1 Å². The van der Waals surface area contributed by atoms with Gasteiger partial charge in [-0.1, -0.05) is 39.0 Å². The fourth-order valence-corrected chi connectivity index (χ4v) is 2.85. The van der Waals surface area contributed by atoms with E-state index >= 15 is 0 Å². The molecule has 1 heterocycles. The SMILES string of the molecule is COc1ccc(C)cc1NC(=O)c1ccn(COc2ccc(C(C)(C)C)cc2)n1. The standard InChI is InChI=1S/C23H27N3O3/c1-16-6-11-21(28-5)20(14-16)24-22(27)19-12-13-26(25-19)15-29-18-9-7-17(8-10-18)23(2,3)4/h6-14H,15H2,1-5H3,(H,24,27). The lowest BCUT2D eigenvalue weighted by molar-refractivity contribution is 0.102. The number of anilines is 1. The highest BCUT2D eigenvalue weighted by atomic mass is 16.5. The second kappa shape index (κ2) is 8.39. The molecule has 1 N–H and O–H groups in total. The smallest absolute Gasteiger partial charge is 0.276 e. The molecule has 0 radical (unpaired) electrons. The van der Waals surface area contributed by atoms with Crippen LogP contribution in [0.1, 0.15) is 42.4 Å². The van der Waals surface area contributed by atoms with Crippen molar-refractivity contribution in [2.24, 2.45) is 0 Å². The zero-order valence-corrected chi connectivity index (χ0v) is 17.5. The normalized spacial score (nSPS) is 11.2. The van der Waals surface area contributed by atoms with Crippen LogP contribution in [0.2, 0.25) is 0 Å². The van der Waals surface area contributed by atoms with Gasteiger partial charge in [0, 0.05) is 6.20 Å². The molecule has 0 saturated heterocycles. The third kappa shape index (κ3) is 5.16. The number of hydrogen-bond donors (Lipinski definition) is 1. The number of benzene rings is 2. The number of nitrogens with zero attached hydrogens (tertiary/aromatic N) is 2. The van der Waals surface area contributed by atoms with Crippen molar-refractivity contribution in [2.45, 2.75) is 39.8 Å². The van der Waals surface area contributed by atoms with Crippen molar-refractivity contribution in [1.82, 2.24) is 9.78 Å². The molecule has 0 bridgehead atoms. The van der Waals surface area contributed by atoms with Crippen LogP contribution in [0.25, 0.3) is 0 Å². The molecule has 3 aromatic rings. The molecule has 0 aliphatic heterocycles. The molecular formula is C23H27N3O3. The second-order valence-corrected chi connectivity index (χ2v) is 7.95. The minimum atomic E-state index is -0.304. The predicted molar refractivity (Wildman–Crippen MR) is 114 cm³/mol. The Kier molecular flexibility index (Phi) is 5.92. The monoisotopic (exact) mass is 393 g/mol. The maximum atomic E-state index is 12.5. The first-order chi connectivity index (χ1) is 13.8. The molecule has 1 aromatic heterocycles. The average Bonchev–Trinajstić information content (AvgIpc) is 3.15. The zero-order chi connectivity index (χ0) is 21.0. The lowest BCUT2D eigenvalue weighted by Crippen LogP contribution is -2.15. The van der Waals surface area contributed by atoms with E-state index in [1.54, 1.807) is 24.1 Å². The van der Waals surface area contributed by atoms with Crippen molar-refractivity contribution in [3.63, 3.8) is 0 Å². The molecular weight excluding hydrogens is 366 g/mol. The van der Waals surface area contributed by atoms with Crippen LogP contribution in [0.5, 0.6) is 11.5 Å². The Morgan fingerprint density at radius 3 is 2.48 bits per heavy atom. The molecule has 0 fully saturated rings. The molecule has 6 heteroatoms. The molecule has 0 aliphatic carbocycles. The van der Waals surface area contributed by atoms with Gasteiger partial charge in [0.15, 0.2) is 12.4 Å². The summed E-state index contributed by atoms with van der Waals surface area (Å²) in [5.41, 5.74) is 3.29. The van der Waals surface area contributed by atoms with Gasteiger partial charge in [-0.25, -0.2) is 4.68 Å². The molecule has 0 aliphatic rings. The van der Waals surface area contributed by atoms with E-state index in [2.05, 4.69) is 43.3 Å². The molecule has 29 heavy (non-hydrogen) atoms. The Hall–Kier alpha value is -3.28. The van der Waals surface area contributed by atoms with Crippen LogP contribution in [0.3, 0.4) is 0 Å². The van der Waals surface area contributed by atoms with Crippen LogP contribution in [0.15, 0.2) is 54.7 Å². The van der Waals surface area contributed by atoms with Gasteiger partial charge < -0.3 is 14.8 Å². The molecule has 6 nitrogen and oxygen atoms in total. The Labute approximate surface area is 171 Å². The van der Waals surface area contributed by atoms with Gasteiger partial charge in [-0.2, -0.15) is 5.10 Å². The number of aromatic nitrogens is 2. The van der Waals surface area contributed by atoms with Gasteiger partial charge in [0.1, 0.15) is 11.5 Å². The summed E-state index contributed by atoms with van der Waals surface area (Å²) >= 11 is 0. The molecule has 0 unspecified atom stereocenters. The average molecular weight is 393 g/mol. The summed E-state index contributed by atoms with van der Waals surface area (Å²) in [6.45, 7) is 8.69. The zero-order valence-electron chi connectivity index (χ0n) is 17.5. The quantitative estimate of drug-likeness (QED) is 0.654. The lowest BCUT2D eigenvalue weighted by atomic mass is 9.87. The van der Waals surface area contributed by atoms with Crippen molar-refractivity contribution >= 4 is 11.6 Å². The van der Waals surface area contributed by atoms with E-state index in [4.69, 9.17) is 9.47 Å². The van der Waals surface area contributed by atoms with Gasteiger partial charge in [0.25, 0.3) is 5.91 Å². The van der Waals surface area contributed by atoms with Crippen molar-refractivity contribution < 1.29 is 14.3 Å².